The number of thiazole rings is 2. The normalized spacial score (nSPS) is 13.3. The monoisotopic (exact) mass is 448 g/mol. The molecule has 5 N–H and O–H groups in total. The Kier molecular flexibility index (Phi) is 7.15. The van der Waals surface area contributed by atoms with Gasteiger partial charge < -0.3 is 20.5 Å². The number of fused-ring (bicyclic) bond motifs is 1. The number of carbonyl (C=O) groups excluding carboxylic acids is 1. The third-order valence-corrected chi connectivity index (χ3v) is 6.15. The van der Waals surface area contributed by atoms with Crippen LogP contribution in [0.15, 0.2) is 27.9 Å². The first-order chi connectivity index (χ1) is 14.5. The number of ether oxygens (including phenoxy) is 1. The molecule has 0 aliphatic heterocycles. The Morgan fingerprint density at radius 1 is 1.53 bits per heavy atom. The Hall–Kier alpha value is -2.80. The molecular weight excluding hydrogens is 424 g/mol. The van der Waals surface area contributed by atoms with E-state index in [9.17, 15) is 4.79 Å². The van der Waals surface area contributed by atoms with E-state index >= 15 is 0 Å². The van der Waals surface area contributed by atoms with Crippen LogP contribution >= 0.6 is 22.7 Å². The lowest BCUT2D eigenvalue weighted by Gasteiger charge is -2.12. The first-order valence-electron chi connectivity index (χ1n) is 9.12. The standard InChI is InChI=1S/C18H24N8O2S2/c1-4-28-15(14-8-29-9-21-14)18-24-17-16(30-18)13(11(2)25(17)3)6-23-26(10-27)7-12(19)5-22-20/h5-6,8-10,15,22H,4,7,19-20H2,1-3H3/b12-5-,23-6-. The Morgan fingerprint density at radius 2 is 2.33 bits per heavy atom. The number of nitrogens with two attached hydrogens (primary N) is 2. The van der Waals surface area contributed by atoms with E-state index in [2.05, 4.69) is 15.5 Å². The summed E-state index contributed by atoms with van der Waals surface area (Å²) in [5, 5.41) is 8.26. The third-order valence-electron chi connectivity index (χ3n) is 4.43. The quantitative estimate of drug-likeness (QED) is 0.185. The molecule has 3 heterocycles. The topological polar surface area (TPSA) is 137 Å². The zero-order valence-corrected chi connectivity index (χ0v) is 18.5. The molecule has 1 amide bonds. The number of hydrogen-bond acceptors (Lipinski definition) is 10. The van der Waals surface area contributed by atoms with Gasteiger partial charge in [0.05, 0.1) is 28.7 Å². The van der Waals surface area contributed by atoms with Gasteiger partial charge in [-0.05, 0) is 13.8 Å². The van der Waals surface area contributed by atoms with Crippen LogP contribution in [0.25, 0.3) is 10.3 Å². The highest BCUT2D eigenvalue weighted by molar-refractivity contribution is 7.19. The largest absolute Gasteiger partial charge is 0.399 e. The van der Waals surface area contributed by atoms with Gasteiger partial charge >= 0.3 is 0 Å². The van der Waals surface area contributed by atoms with Crippen molar-refractivity contribution in [3.63, 3.8) is 0 Å². The van der Waals surface area contributed by atoms with Crippen LogP contribution in [0.4, 0.5) is 0 Å². The first kappa shape index (κ1) is 21.9. The van der Waals surface area contributed by atoms with Gasteiger partial charge in [-0.25, -0.2) is 15.0 Å². The molecular formula is C18H24N8O2S2. The smallest absolute Gasteiger partial charge is 0.230 e. The molecule has 3 aromatic heterocycles. The van der Waals surface area contributed by atoms with Gasteiger partial charge in [0, 0.05) is 42.2 Å². The van der Waals surface area contributed by atoms with Crippen molar-refractivity contribution in [3.8, 4) is 0 Å². The molecule has 0 saturated carbocycles. The summed E-state index contributed by atoms with van der Waals surface area (Å²) in [6, 6.07) is 0. The molecule has 10 nitrogen and oxygen atoms in total. The molecule has 0 bridgehead atoms. The van der Waals surface area contributed by atoms with Crippen molar-refractivity contribution < 1.29 is 9.53 Å². The van der Waals surface area contributed by atoms with Crippen LogP contribution in [-0.4, -0.2) is 45.3 Å². The van der Waals surface area contributed by atoms with E-state index in [1.54, 1.807) is 11.7 Å². The summed E-state index contributed by atoms with van der Waals surface area (Å²) in [6.07, 6.45) is 3.34. The average molecular weight is 449 g/mol. The highest BCUT2D eigenvalue weighted by Crippen LogP contribution is 2.35. The minimum Gasteiger partial charge on any atom is -0.399 e. The number of rotatable bonds is 10. The molecule has 0 aliphatic carbocycles. The van der Waals surface area contributed by atoms with Crippen LogP contribution in [0.3, 0.4) is 0 Å². The number of carbonyl (C=O) groups is 1. The van der Waals surface area contributed by atoms with E-state index < -0.39 is 0 Å². The molecule has 3 rings (SSSR count). The number of nitrogens with zero attached hydrogens (tertiary/aromatic N) is 5. The SMILES string of the molecule is CCOC(c1cscn1)c1nc2c(s1)c(/C=N\N(C=O)C/C(N)=C/NN)c(C)n2C. The fourth-order valence-electron chi connectivity index (χ4n) is 2.88. The van der Waals surface area contributed by atoms with Crippen LogP contribution in [0.2, 0.25) is 0 Å². The lowest BCUT2D eigenvalue weighted by molar-refractivity contribution is -0.117. The summed E-state index contributed by atoms with van der Waals surface area (Å²) < 4.78 is 8.89. The predicted octanol–water partition coefficient (Wildman–Crippen LogP) is 1.58. The number of hydrazone groups is 1. The lowest BCUT2D eigenvalue weighted by atomic mass is 10.3. The van der Waals surface area contributed by atoms with E-state index in [-0.39, 0.29) is 12.6 Å². The van der Waals surface area contributed by atoms with Crippen molar-refractivity contribution >= 4 is 45.6 Å². The van der Waals surface area contributed by atoms with Crippen molar-refractivity contribution in [2.24, 2.45) is 23.7 Å². The Bertz CT molecular complexity index is 1050. The molecule has 0 radical (unpaired) electrons. The van der Waals surface area contributed by atoms with Crippen molar-refractivity contribution in [2.45, 2.75) is 20.0 Å². The van der Waals surface area contributed by atoms with Crippen molar-refractivity contribution in [3.05, 3.63) is 44.7 Å². The Balaban J connectivity index is 1.96. The lowest BCUT2D eigenvalue weighted by Crippen LogP contribution is -2.25. The van der Waals surface area contributed by atoms with E-state index in [0.717, 1.165) is 32.3 Å². The molecule has 160 valence electrons. The maximum Gasteiger partial charge on any atom is 0.230 e. The molecule has 1 atom stereocenters. The van der Waals surface area contributed by atoms with Crippen molar-refractivity contribution in [1.29, 1.82) is 0 Å². The molecule has 0 spiro atoms. The number of hydrazine groups is 1. The highest BCUT2D eigenvalue weighted by atomic mass is 32.1. The van der Waals surface area contributed by atoms with Gasteiger partial charge in [0.2, 0.25) is 6.41 Å². The summed E-state index contributed by atoms with van der Waals surface area (Å²) in [7, 11) is 1.95. The fraction of sp³-hybridized carbons (Fsp3) is 0.333. The summed E-state index contributed by atoms with van der Waals surface area (Å²) in [5.41, 5.74) is 13.8. The van der Waals surface area contributed by atoms with Gasteiger partial charge in [0.25, 0.3) is 0 Å². The second-order valence-electron chi connectivity index (χ2n) is 6.35. The van der Waals surface area contributed by atoms with Gasteiger partial charge in [-0.1, -0.05) is 0 Å². The third kappa shape index (κ3) is 4.51. The maximum atomic E-state index is 11.4. The zero-order valence-electron chi connectivity index (χ0n) is 16.9. The summed E-state index contributed by atoms with van der Waals surface area (Å²) >= 11 is 3.06. The van der Waals surface area contributed by atoms with Gasteiger partial charge in [0.15, 0.2) is 11.8 Å². The molecule has 0 aromatic carbocycles. The molecule has 0 fully saturated rings. The average Bonchev–Trinajstić information content (AvgIpc) is 3.44. The van der Waals surface area contributed by atoms with E-state index in [4.69, 9.17) is 21.3 Å². The van der Waals surface area contributed by atoms with E-state index in [1.807, 2.05) is 30.8 Å². The zero-order chi connectivity index (χ0) is 21.7. The fourth-order valence-corrected chi connectivity index (χ4v) is 4.67. The second-order valence-corrected chi connectivity index (χ2v) is 8.09. The Labute approximate surface area is 181 Å². The van der Waals surface area contributed by atoms with Crippen LogP contribution in [0.5, 0.6) is 0 Å². The Morgan fingerprint density at radius 3 is 2.97 bits per heavy atom. The molecule has 0 saturated heterocycles. The summed E-state index contributed by atoms with van der Waals surface area (Å²) in [4.78, 5) is 20.6. The number of nitrogens with one attached hydrogen (secondary N) is 1. The number of hydrogen-bond donors (Lipinski definition) is 3. The molecule has 0 aliphatic rings. The minimum absolute atomic E-state index is 0.114. The van der Waals surface area contributed by atoms with Crippen LogP contribution in [0, 0.1) is 6.92 Å². The first-order valence-corrected chi connectivity index (χ1v) is 10.9. The number of aromatic nitrogens is 3. The van der Waals surface area contributed by atoms with Gasteiger partial charge in [-0.15, -0.1) is 22.7 Å². The van der Waals surface area contributed by atoms with Crippen LogP contribution in [0.1, 0.15) is 35.0 Å². The molecule has 1 unspecified atom stereocenters. The van der Waals surface area contributed by atoms with Crippen molar-refractivity contribution in [1.82, 2.24) is 25.0 Å². The van der Waals surface area contributed by atoms with Gasteiger partial charge in [0.1, 0.15) is 5.01 Å². The van der Waals surface area contributed by atoms with E-state index in [0.29, 0.717) is 18.7 Å². The predicted molar refractivity (Wildman–Crippen MR) is 119 cm³/mol. The summed E-state index contributed by atoms with van der Waals surface area (Å²) in [6.45, 7) is 4.59. The van der Waals surface area contributed by atoms with Gasteiger partial charge in [-0.2, -0.15) is 5.10 Å². The number of aryl methyl sites for hydroxylation is 1. The number of amides is 1. The second kappa shape index (κ2) is 9.80. The highest BCUT2D eigenvalue weighted by Gasteiger charge is 2.24. The van der Waals surface area contributed by atoms with Gasteiger partial charge in [-0.3, -0.25) is 10.6 Å². The summed E-state index contributed by atoms with van der Waals surface area (Å²) in [5.74, 6) is 5.21. The molecule has 3 aromatic rings. The van der Waals surface area contributed by atoms with Crippen LogP contribution < -0.4 is 17.0 Å². The van der Waals surface area contributed by atoms with E-state index in [1.165, 1.54) is 33.9 Å². The molecule has 12 heteroatoms. The van der Waals surface area contributed by atoms with Crippen molar-refractivity contribution in [2.75, 3.05) is 13.2 Å². The van der Waals surface area contributed by atoms with Crippen LogP contribution in [-0.2, 0) is 16.6 Å². The maximum absolute atomic E-state index is 11.4. The molecule has 30 heavy (non-hydrogen) atoms. The minimum atomic E-state index is -0.316.